The number of nitrogens with zero attached hydrogens (tertiary/aromatic N) is 1. The summed E-state index contributed by atoms with van der Waals surface area (Å²) in [5, 5.41) is 2.60. The maximum atomic E-state index is 13.0. The highest BCUT2D eigenvalue weighted by Gasteiger charge is 2.24. The second-order valence-electron chi connectivity index (χ2n) is 6.99. The van der Waals surface area contributed by atoms with Crippen molar-refractivity contribution in [2.45, 2.75) is 4.90 Å². The minimum Gasteiger partial charge on any atom is -0.495 e. The van der Waals surface area contributed by atoms with Gasteiger partial charge in [-0.1, -0.05) is 24.3 Å². The normalized spacial score (nSPS) is 10.8. The molecule has 0 bridgehead atoms. The Hall–Kier alpha value is -4.05. The Morgan fingerprint density at radius 3 is 2.09 bits per heavy atom. The summed E-state index contributed by atoms with van der Waals surface area (Å²) in [6.07, 6.45) is 0. The molecule has 0 heterocycles. The summed E-state index contributed by atoms with van der Waals surface area (Å²) < 4.78 is 42.6. The van der Waals surface area contributed by atoms with E-state index in [4.69, 9.17) is 14.2 Å². The number of hydrogen-bond donors (Lipinski definition) is 1. The third-order valence-corrected chi connectivity index (χ3v) is 6.67. The number of nitrogens with one attached hydrogen (secondary N) is 1. The van der Waals surface area contributed by atoms with Crippen molar-refractivity contribution >= 4 is 33.3 Å². The fraction of sp³-hybridized carbons (Fsp3) is 0.167. The first-order chi connectivity index (χ1) is 16.3. The molecule has 0 radical (unpaired) electrons. The summed E-state index contributed by atoms with van der Waals surface area (Å²) in [6, 6.07) is 18.8. The second kappa shape index (κ2) is 10.7. The number of esters is 1. The van der Waals surface area contributed by atoms with E-state index in [1.54, 1.807) is 48.5 Å². The molecular weight excluding hydrogens is 460 g/mol. The van der Waals surface area contributed by atoms with E-state index in [1.807, 2.05) is 0 Å². The number of para-hydroxylation sites is 4. The van der Waals surface area contributed by atoms with Gasteiger partial charge < -0.3 is 19.5 Å². The fourth-order valence-corrected chi connectivity index (χ4v) is 4.30. The van der Waals surface area contributed by atoms with Crippen LogP contribution in [0, 0.1) is 0 Å². The van der Waals surface area contributed by atoms with Crippen molar-refractivity contribution < 1.29 is 32.2 Å². The zero-order chi connectivity index (χ0) is 24.7. The molecule has 9 nitrogen and oxygen atoms in total. The lowest BCUT2D eigenvalue weighted by molar-refractivity contribution is -0.119. The van der Waals surface area contributed by atoms with Gasteiger partial charge in [0.2, 0.25) is 0 Å². The molecule has 0 aliphatic rings. The predicted molar refractivity (Wildman–Crippen MR) is 127 cm³/mol. The van der Waals surface area contributed by atoms with Crippen LogP contribution in [0.15, 0.2) is 77.7 Å². The number of anilines is 2. The number of benzene rings is 3. The number of hydrogen-bond acceptors (Lipinski definition) is 7. The number of methoxy groups -OCH3 is 2. The lowest BCUT2D eigenvalue weighted by Crippen LogP contribution is -2.27. The highest BCUT2D eigenvalue weighted by Crippen LogP contribution is 2.31. The summed E-state index contributed by atoms with van der Waals surface area (Å²) in [5.74, 6) is -0.440. The molecule has 1 amide bonds. The first-order valence-corrected chi connectivity index (χ1v) is 11.5. The fourth-order valence-electron chi connectivity index (χ4n) is 3.09. The van der Waals surface area contributed by atoms with Crippen LogP contribution in [-0.2, 0) is 19.6 Å². The summed E-state index contributed by atoms with van der Waals surface area (Å²) in [7, 11) is 0.433. The predicted octanol–water partition coefficient (Wildman–Crippen LogP) is 3.32. The van der Waals surface area contributed by atoms with Gasteiger partial charge in [0.25, 0.3) is 15.9 Å². The maximum absolute atomic E-state index is 13.0. The van der Waals surface area contributed by atoms with E-state index in [9.17, 15) is 18.0 Å². The van der Waals surface area contributed by atoms with Crippen molar-refractivity contribution in [3.63, 3.8) is 0 Å². The third-order valence-electron chi connectivity index (χ3n) is 4.89. The molecule has 0 aromatic heterocycles. The minimum atomic E-state index is -3.91. The molecule has 3 aromatic rings. The summed E-state index contributed by atoms with van der Waals surface area (Å²) in [5.41, 5.74) is 0.915. The smallest absolute Gasteiger partial charge is 0.338 e. The van der Waals surface area contributed by atoms with E-state index in [-0.39, 0.29) is 10.5 Å². The summed E-state index contributed by atoms with van der Waals surface area (Å²) in [6.45, 7) is -0.520. The average Bonchev–Trinajstić information content (AvgIpc) is 2.87. The van der Waals surface area contributed by atoms with Crippen LogP contribution in [0.2, 0.25) is 0 Å². The van der Waals surface area contributed by atoms with Crippen molar-refractivity contribution in [2.75, 3.05) is 37.5 Å². The van der Waals surface area contributed by atoms with Gasteiger partial charge in [0, 0.05) is 7.05 Å². The van der Waals surface area contributed by atoms with E-state index in [0.29, 0.717) is 22.9 Å². The Labute approximate surface area is 197 Å². The van der Waals surface area contributed by atoms with Crippen LogP contribution in [0.3, 0.4) is 0 Å². The number of carbonyl (C=O) groups excluding carboxylic acids is 2. The third kappa shape index (κ3) is 5.46. The molecule has 3 rings (SSSR count). The van der Waals surface area contributed by atoms with Gasteiger partial charge in [-0.05, 0) is 48.5 Å². The molecule has 0 fully saturated rings. The molecule has 1 N–H and O–H groups in total. The van der Waals surface area contributed by atoms with Crippen molar-refractivity contribution in [1.29, 1.82) is 0 Å². The van der Waals surface area contributed by atoms with Crippen LogP contribution in [-0.4, -0.2) is 48.2 Å². The molecule has 3 aromatic carbocycles. The Balaban J connectivity index is 1.65. The number of ether oxygens (including phenoxy) is 3. The Bertz CT molecular complexity index is 1270. The standard InChI is InChI=1S/C24H24N2O7S/c1-26(20-9-5-7-11-22(20)32-3)34(29,30)18-14-12-17(13-15-18)24(28)33-16-23(27)25-19-8-4-6-10-21(19)31-2/h4-15H,16H2,1-3H3,(H,25,27). The molecule has 34 heavy (non-hydrogen) atoms. The molecule has 0 saturated heterocycles. The maximum Gasteiger partial charge on any atom is 0.338 e. The van der Waals surface area contributed by atoms with E-state index >= 15 is 0 Å². The largest absolute Gasteiger partial charge is 0.495 e. The SMILES string of the molecule is COc1ccccc1NC(=O)COC(=O)c1ccc(S(=O)(=O)N(C)c2ccccc2OC)cc1. The van der Waals surface area contributed by atoms with Crippen LogP contribution in [0.25, 0.3) is 0 Å². The van der Waals surface area contributed by atoms with Gasteiger partial charge in [0.05, 0.1) is 36.1 Å². The zero-order valence-electron chi connectivity index (χ0n) is 18.8. The Kier molecular flexibility index (Phi) is 7.75. The zero-order valence-corrected chi connectivity index (χ0v) is 19.7. The van der Waals surface area contributed by atoms with Crippen LogP contribution in [0.5, 0.6) is 11.5 Å². The van der Waals surface area contributed by atoms with Crippen LogP contribution in [0.1, 0.15) is 10.4 Å². The molecule has 0 spiro atoms. The van der Waals surface area contributed by atoms with Gasteiger partial charge in [0.15, 0.2) is 6.61 Å². The van der Waals surface area contributed by atoms with Gasteiger partial charge >= 0.3 is 5.97 Å². The molecule has 0 aliphatic heterocycles. The highest BCUT2D eigenvalue weighted by molar-refractivity contribution is 7.92. The first kappa shape index (κ1) is 24.6. The molecule has 0 saturated carbocycles. The van der Waals surface area contributed by atoms with E-state index in [2.05, 4.69) is 5.32 Å². The van der Waals surface area contributed by atoms with Crippen LogP contribution >= 0.6 is 0 Å². The van der Waals surface area contributed by atoms with Gasteiger partial charge in [-0.15, -0.1) is 0 Å². The monoisotopic (exact) mass is 484 g/mol. The van der Waals surface area contributed by atoms with Gasteiger partial charge in [0.1, 0.15) is 11.5 Å². The molecule has 0 aliphatic carbocycles. The van der Waals surface area contributed by atoms with Crippen molar-refractivity contribution in [3.8, 4) is 11.5 Å². The quantitative estimate of drug-likeness (QED) is 0.464. The molecule has 10 heteroatoms. The topological polar surface area (TPSA) is 111 Å². The first-order valence-electron chi connectivity index (χ1n) is 10.1. The number of amides is 1. The van der Waals surface area contributed by atoms with Crippen molar-refractivity contribution in [3.05, 3.63) is 78.4 Å². The lowest BCUT2D eigenvalue weighted by atomic mass is 10.2. The van der Waals surface area contributed by atoms with Crippen molar-refractivity contribution in [2.24, 2.45) is 0 Å². The van der Waals surface area contributed by atoms with E-state index < -0.39 is 28.5 Å². The summed E-state index contributed by atoms with van der Waals surface area (Å²) in [4.78, 5) is 24.4. The van der Waals surface area contributed by atoms with Gasteiger partial charge in [-0.2, -0.15) is 0 Å². The molecule has 0 unspecified atom stereocenters. The molecule has 0 atom stereocenters. The van der Waals surface area contributed by atoms with E-state index in [1.165, 1.54) is 45.5 Å². The number of sulfonamides is 1. The number of carbonyl (C=O) groups is 2. The summed E-state index contributed by atoms with van der Waals surface area (Å²) >= 11 is 0. The molecule has 178 valence electrons. The van der Waals surface area contributed by atoms with Gasteiger partial charge in [-0.3, -0.25) is 9.10 Å². The average molecular weight is 485 g/mol. The van der Waals surface area contributed by atoms with Crippen LogP contribution in [0.4, 0.5) is 11.4 Å². The molecular formula is C24H24N2O7S. The highest BCUT2D eigenvalue weighted by atomic mass is 32.2. The number of rotatable bonds is 9. The van der Waals surface area contributed by atoms with Crippen molar-refractivity contribution in [1.82, 2.24) is 0 Å². The minimum absolute atomic E-state index is 0.0219. The second-order valence-corrected chi connectivity index (χ2v) is 8.96. The van der Waals surface area contributed by atoms with E-state index in [0.717, 1.165) is 4.31 Å². The Morgan fingerprint density at radius 2 is 1.44 bits per heavy atom. The Morgan fingerprint density at radius 1 is 0.853 bits per heavy atom. The van der Waals surface area contributed by atoms with Crippen LogP contribution < -0.4 is 19.1 Å². The lowest BCUT2D eigenvalue weighted by Gasteiger charge is -2.21. The van der Waals surface area contributed by atoms with Gasteiger partial charge in [-0.25, -0.2) is 13.2 Å².